The molecule has 14 heavy (non-hydrogen) atoms. The Bertz CT molecular complexity index is 362. The Kier molecular flexibility index (Phi) is 4.02. The Morgan fingerprint density at radius 3 is 2.43 bits per heavy atom. The quantitative estimate of drug-likeness (QED) is 0.528. The highest BCUT2D eigenvalue weighted by Crippen LogP contribution is 2.25. The van der Waals surface area contributed by atoms with Crippen LogP contribution in [0.3, 0.4) is 0 Å². The highest BCUT2D eigenvalue weighted by Gasteiger charge is 2.16. The van der Waals surface area contributed by atoms with Crippen LogP contribution in [0.25, 0.3) is 3.58 Å². The van der Waals surface area contributed by atoms with Crippen molar-refractivity contribution in [2.75, 3.05) is 6.61 Å². The normalized spacial score (nSPS) is 12.1. The van der Waals surface area contributed by atoms with E-state index in [2.05, 4.69) is 0 Å². The van der Waals surface area contributed by atoms with Crippen LogP contribution in [-0.2, 0) is 0 Å². The lowest BCUT2D eigenvalue weighted by Crippen LogP contribution is -2.04. The summed E-state index contributed by atoms with van der Waals surface area (Å²) in [5.74, 6) is 0. The van der Waals surface area contributed by atoms with E-state index in [-0.39, 0.29) is 5.70 Å². The summed E-state index contributed by atoms with van der Waals surface area (Å²) in [6, 6.07) is 8.95. The van der Waals surface area contributed by atoms with Crippen molar-refractivity contribution in [3.63, 3.8) is 0 Å². The van der Waals surface area contributed by atoms with Gasteiger partial charge in [-0.25, -0.2) is 0 Å². The van der Waals surface area contributed by atoms with E-state index in [4.69, 9.17) is 5.11 Å². The average molecular weight is 305 g/mol. The summed E-state index contributed by atoms with van der Waals surface area (Å²) in [6.07, 6.45) is 0. The molecule has 0 atom stereocenters. The molecule has 1 aromatic carbocycles. The molecule has 0 bridgehead atoms. The first-order valence-corrected chi connectivity index (χ1v) is 4.94. The topological polar surface area (TPSA) is 63.4 Å². The van der Waals surface area contributed by atoms with Crippen LogP contribution in [-0.4, -0.2) is 16.6 Å². The average Bonchev–Trinajstić information content (AvgIpc) is 2.19. The second-order valence-corrected chi connectivity index (χ2v) is 3.62. The third kappa shape index (κ3) is 2.52. The molecule has 1 N–H and O–H groups in total. The summed E-state index contributed by atoms with van der Waals surface area (Å²) >= 11 is 1.86. The Morgan fingerprint density at radius 1 is 1.43 bits per heavy atom. The lowest BCUT2D eigenvalue weighted by Gasteiger charge is -2.00. The van der Waals surface area contributed by atoms with E-state index in [0.29, 0.717) is 3.58 Å². The van der Waals surface area contributed by atoms with Crippen molar-refractivity contribution in [1.29, 1.82) is 0 Å². The summed E-state index contributed by atoms with van der Waals surface area (Å²) in [7, 11) is 0. The number of nitrogens with zero attached hydrogens (tertiary/aromatic N) is 1. The maximum atomic E-state index is 10.5. The maximum Gasteiger partial charge on any atom is 0.285 e. The predicted molar refractivity (Wildman–Crippen MR) is 61.5 cm³/mol. The number of aliphatic hydroxyl groups is 1. The molecule has 1 aromatic rings. The van der Waals surface area contributed by atoms with Crippen LogP contribution in [0.5, 0.6) is 0 Å². The molecule has 0 heterocycles. The van der Waals surface area contributed by atoms with Crippen LogP contribution >= 0.6 is 22.6 Å². The predicted octanol–water partition coefficient (Wildman–Crippen LogP) is 2.06. The molecular weight excluding hydrogens is 297 g/mol. The van der Waals surface area contributed by atoms with Gasteiger partial charge in [0.15, 0.2) is 0 Å². The molecular formula is C9H8INO3. The smallest absolute Gasteiger partial charge is 0.285 e. The lowest BCUT2D eigenvalue weighted by atomic mass is 10.2. The van der Waals surface area contributed by atoms with Crippen molar-refractivity contribution in [2.45, 2.75) is 0 Å². The van der Waals surface area contributed by atoms with Crippen LogP contribution in [0.4, 0.5) is 0 Å². The number of rotatable bonds is 3. The van der Waals surface area contributed by atoms with E-state index in [9.17, 15) is 10.1 Å². The van der Waals surface area contributed by atoms with E-state index in [1.165, 1.54) is 0 Å². The zero-order chi connectivity index (χ0) is 10.6. The largest absolute Gasteiger partial charge is 0.385 e. The molecule has 0 radical (unpaired) electrons. The molecule has 0 unspecified atom stereocenters. The standard InChI is InChI=1S/C9H8INO3/c10-9(8(6-12)11(13)14)7-4-2-1-3-5-7/h1-5,12H,6H2/b9-8+. The Hall–Kier alpha value is -0.950. The Balaban J connectivity index is 3.15. The van der Waals surface area contributed by atoms with Gasteiger partial charge in [0.1, 0.15) is 6.61 Å². The van der Waals surface area contributed by atoms with Gasteiger partial charge >= 0.3 is 0 Å². The fourth-order valence-electron chi connectivity index (χ4n) is 0.958. The van der Waals surface area contributed by atoms with Gasteiger partial charge in [-0.05, 0) is 28.2 Å². The number of aliphatic hydroxyl groups excluding tert-OH is 1. The van der Waals surface area contributed by atoms with Crippen LogP contribution in [0.2, 0.25) is 0 Å². The molecule has 0 aliphatic carbocycles. The highest BCUT2D eigenvalue weighted by atomic mass is 127. The first-order chi connectivity index (χ1) is 6.66. The molecule has 1 rings (SSSR count). The molecule has 74 valence electrons. The fraction of sp³-hybridized carbons (Fsp3) is 0.111. The van der Waals surface area contributed by atoms with Gasteiger partial charge in [-0.3, -0.25) is 10.1 Å². The van der Waals surface area contributed by atoms with Gasteiger partial charge in [0.2, 0.25) is 0 Å². The zero-order valence-electron chi connectivity index (χ0n) is 7.18. The van der Waals surface area contributed by atoms with Gasteiger partial charge in [0.25, 0.3) is 5.70 Å². The summed E-state index contributed by atoms with van der Waals surface area (Å²) < 4.78 is 0.468. The monoisotopic (exact) mass is 305 g/mol. The van der Waals surface area contributed by atoms with Gasteiger partial charge in [0.05, 0.1) is 8.50 Å². The maximum absolute atomic E-state index is 10.5. The molecule has 4 nitrogen and oxygen atoms in total. The number of hydrogen-bond acceptors (Lipinski definition) is 3. The third-order valence-electron chi connectivity index (χ3n) is 1.65. The number of hydrogen-bond donors (Lipinski definition) is 1. The van der Waals surface area contributed by atoms with Crippen LogP contribution < -0.4 is 0 Å². The minimum absolute atomic E-state index is 0.170. The molecule has 0 saturated carbocycles. The highest BCUT2D eigenvalue weighted by molar-refractivity contribution is 14.1. The van der Waals surface area contributed by atoms with E-state index in [1.807, 2.05) is 28.7 Å². The first-order valence-electron chi connectivity index (χ1n) is 3.86. The van der Waals surface area contributed by atoms with Crippen molar-refractivity contribution >= 4 is 26.2 Å². The number of benzene rings is 1. The van der Waals surface area contributed by atoms with Gasteiger partial charge in [-0.2, -0.15) is 0 Å². The van der Waals surface area contributed by atoms with Crippen molar-refractivity contribution in [2.24, 2.45) is 0 Å². The summed E-state index contributed by atoms with van der Waals surface area (Å²) in [6.45, 7) is -0.555. The number of halogens is 1. The molecule has 0 aliphatic rings. The molecule has 5 heteroatoms. The summed E-state index contributed by atoms with van der Waals surface area (Å²) in [5, 5.41) is 19.4. The minimum Gasteiger partial charge on any atom is -0.385 e. The fourth-order valence-corrected chi connectivity index (χ4v) is 1.69. The van der Waals surface area contributed by atoms with Gasteiger partial charge in [0, 0.05) is 0 Å². The second kappa shape index (κ2) is 5.06. The van der Waals surface area contributed by atoms with Crippen LogP contribution in [0, 0.1) is 10.1 Å². The Labute approximate surface area is 94.5 Å². The zero-order valence-corrected chi connectivity index (χ0v) is 9.34. The summed E-state index contributed by atoms with van der Waals surface area (Å²) in [4.78, 5) is 9.97. The molecule has 0 aromatic heterocycles. The van der Waals surface area contributed by atoms with Crippen molar-refractivity contribution in [3.8, 4) is 0 Å². The first kappa shape index (κ1) is 11.1. The lowest BCUT2D eigenvalue weighted by molar-refractivity contribution is -0.428. The molecule has 0 saturated heterocycles. The number of nitro groups is 1. The van der Waals surface area contributed by atoms with Crippen molar-refractivity contribution in [1.82, 2.24) is 0 Å². The van der Waals surface area contributed by atoms with Gasteiger partial charge < -0.3 is 5.11 Å². The van der Waals surface area contributed by atoms with E-state index < -0.39 is 11.5 Å². The third-order valence-corrected chi connectivity index (χ3v) is 2.90. The van der Waals surface area contributed by atoms with Crippen LogP contribution in [0.1, 0.15) is 5.56 Å². The van der Waals surface area contributed by atoms with Crippen molar-refractivity contribution in [3.05, 3.63) is 51.7 Å². The summed E-state index contributed by atoms with van der Waals surface area (Å²) in [5.41, 5.74) is 0.575. The van der Waals surface area contributed by atoms with E-state index in [0.717, 1.165) is 5.56 Å². The van der Waals surface area contributed by atoms with E-state index in [1.54, 1.807) is 24.3 Å². The van der Waals surface area contributed by atoms with Crippen molar-refractivity contribution < 1.29 is 10.0 Å². The van der Waals surface area contributed by atoms with Gasteiger partial charge in [-0.15, -0.1) is 0 Å². The SMILES string of the molecule is O=[N+]([O-])/C(CO)=C(/I)c1ccccc1. The molecule has 0 fully saturated rings. The minimum atomic E-state index is -0.561. The molecule has 0 aliphatic heterocycles. The Morgan fingerprint density at radius 2 is 2.00 bits per heavy atom. The van der Waals surface area contributed by atoms with Crippen LogP contribution in [0.15, 0.2) is 36.0 Å². The second-order valence-electron chi connectivity index (χ2n) is 2.54. The van der Waals surface area contributed by atoms with E-state index >= 15 is 0 Å². The molecule has 0 amide bonds. The van der Waals surface area contributed by atoms with Gasteiger partial charge in [-0.1, -0.05) is 30.3 Å². The molecule has 0 spiro atoms.